The van der Waals surface area contributed by atoms with Crippen LogP contribution in [0.1, 0.15) is 52.4 Å². The topological polar surface area (TPSA) is 60.9 Å². The lowest BCUT2D eigenvalue weighted by Gasteiger charge is -2.34. The number of hydrogen-bond donors (Lipinski definition) is 1. The van der Waals surface area contributed by atoms with Gasteiger partial charge in [0.15, 0.2) is 0 Å². The van der Waals surface area contributed by atoms with Gasteiger partial charge in [0.05, 0.1) is 0 Å². The number of urea groups is 1. The van der Waals surface area contributed by atoms with E-state index in [0.717, 1.165) is 12.8 Å². The van der Waals surface area contributed by atoms with Crippen molar-refractivity contribution >= 4 is 12.0 Å². The van der Waals surface area contributed by atoms with Gasteiger partial charge in [0.2, 0.25) is 0 Å². The summed E-state index contributed by atoms with van der Waals surface area (Å²) >= 11 is 0. The molecule has 19 heavy (non-hydrogen) atoms. The number of aliphatic carboxylic acids is 1. The Morgan fingerprint density at radius 3 is 2.32 bits per heavy atom. The van der Waals surface area contributed by atoms with E-state index in [1.807, 2.05) is 25.8 Å². The van der Waals surface area contributed by atoms with Crippen molar-refractivity contribution in [1.82, 2.24) is 9.80 Å². The average Bonchev–Trinajstić information content (AvgIpc) is 2.85. The molecule has 1 fully saturated rings. The number of carbonyl (C=O) groups excluding carboxylic acids is 1. The van der Waals surface area contributed by atoms with E-state index in [9.17, 15) is 9.59 Å². The molecule has 0 aromatic carbocycles. The van der Waals surface area contributed by atoms with Crippen LogP contribution in [0.2, 0.25) is 0 Å². The Kier molecular flexibility index (Phi) is 6.12. The Labute approximate surface area is 115 Å². The van der Waals surface area contributed by atoms with Gasteiger partial charge in [-0.3, -0.25) is 4.79 Å². The van der Waals surface area contributed by atoms with Gasteiger partial charge in [0, 0.05) is 32.1 Å². The number of carboxylic acids is 1. The Balaban J connectivity index is 2.53. The Morgan fingerprint density at radius 2 is 1.84 bits per heavy atom. The standard InChI is InChI=1S/C14H26N2O3/c1-11(2)16(10-6-9-13(17)18)14(19)15(3)12-7-4-5-8-12/h11-12H,4-10H2,1-3H3,(H,17,18). The fourth-order valence-corrected chi connectivity index (χ4v) is 2.63. The molecule has 0 aromatic rings. The zero-order valence-electron chi connectivity index (χ0n) is 12.3. The van der Waals surface area contributed by atoms with E-state index in [-0.39, 0.29) is 18.5 Å². The zero-order valence-corrected chi connectivity index (χ0v) is 12.3. The summed E-state index contributed by atoms with van der Waals surface area (Å²) in [6.45, 7) is 4.46. The molecule has 0 bridgehead atoms. The minimum Gasteiger partial charge on any atom is -0.481 e. The number of carbonyl (C=O) groups is 2. The Hall–Kier alpha value is -1.26. The molecule has 0 aliphatic heterocycles. The monoisotopic (exact) mass is 270 g/mol. The van der Waals surface area contributed by atoms with Crippen LogP contribution in [0.5, 0.6) is 0 Å². The van der Waals surface area contributed by atoms with Crippen molar-refractivity contribution < 1.29 is 14.7 Å². The summed E-state index contributed by atoms with van der Waals surface area (Å²) in [6, 6.07) is 0.491. The summed E-state index contributed by atoms with van der Waals surface area (Å²) in [5.74, 6) is -0.805. The summed E-state index contributed by atoms with van der Waals surface area (Å²) < 4.78 is 0. The highest BCUT2D eigenvalue weighted by Gasteiger charge is 2.27. The van der Waals surface area contributed by atoms with E-state index in [4.69, 9.17) is 5.11 Å². The highest BCUT2D eigenvalue weighted by atomic mass is 16.4. The maximum Gasteiger partial charge on any atom is 0.320 e. The van der Waals surface area contributed by atoms with E-state index < -0.39 is 5.97 Å². The van der Waals surface area contributed by atoms with Gasteiger partial charge in [0.1, 0.15) is 0 Å². The molecule has 0 heterocycles. The van der Waals surface area contributed by atoms with Gasteiger partial charge in [-0.2, -0.15) is 0 Å². The highest BCUT2D eigenvalue weighted by Crippen LogP contribution is 2.23. The maximum absolute atomic E-state index is 12.5. The summed E-state index contributed by atoms with van der Waals surface area (Å²) in [6.07, 6.45) is 5.19. The lowest BCUT2D eigenvalue weighted by Crippen LogP contribution is -2.48. The molecule has 110 valence electrons. The third-order valence-electron chi connectivity index (χ3n) is 3.83. The number of amides is 2. The number of nitrogens with zero attached hydrogens (tertiary/aromatic N) is 2. The smallest absolute Gasteiger partial charge is 0.320 e. The first-order valence-corrected chi connectivity index (χ1v) is 7.18. The number of carboxylic acid groups (broad SMARTS) is 1. The average molecular weight is 270 g/mol. The molecule has 1 rings (SSSR count). The van der Waals surface area contributed by atoms with Gasteiger partial charge in [-0.15, -0.1) is 0 Å². The van der Waals surface area contributed by atoms with E-state index >= 15 is 0 Å². The van der Waals surface area contributed by atoms with Crippen LogP contribution in [0, 0.1) is 0 Å². The van der Waals surface area contributed by atoms with Crippen molar-refractivity contribution in [2.24, 2.45) is 0 Å². The molecule has 0 unspecified atom stereocenters. The second-order valence-electron chi connectivity index (χ2n) is 5.62. The molecule has 0 atom stereocenters. The third-order valence-corrected chi connectivity index (χ3v) is 3.83. The first-order chi connectivity index (χ1) is 8.93. The first kappa shape index (κ1) is 15.8. The van der Waals surface area contributed by atoms with Crippen LogP contribution in [0.3, 0.4) is 0 Å². The molecule has 1 aliphatic carbocycles. The van der Waals surface area contributed by atoms with Crippen molar-refractivity contribution in [1.29, 1.82) is 0 Å². The predicted octanol–water partition coefficient (Wildman–Crippen LogP) is 2.56. The van der Waals surface area contributed by atoms with Crippen molar-refractivity contribution in [3.05, 3.63) is 0 Å². The Bertz CT molecular complexity index is 312. The minimum absolute atomic E-state index is 0.0345. The fourth-order valence-electron chi connectivity index (χ4n) is 2.63. The third kappa shape index (κ3) is 4.73. The lowest BCUT2D eigenvalue weighted by atomic mass is 10.2. The van der Waals surface area contributed by atoms with E-state index in [1.165, 1.54) is 12.8 Å². The quantitative estimate of drug-likeness (QED) is 0.807. The molecule has 0 spiro atoms. The fraction of sp³-hybridized carbons (Fsp3) is 0.857. The van der Waals surface area contributed by atoms with Crippen LogP contribution in [0.4, 0.5) is 4.79 Å². The van der Waals surface area contributed by atoms with E-state index in [0.29, 0.717) is 19.0 Å². The predicted molar refractivity (Wildman–Crippen MR) is 74.1 cm³/mol. The van der Waals surface area contributed by atoms with Crippen LogP contribution in [0.15, 0.2) is 0 Å². The number of rotatable bonds is 6. The molecule has 0 radical (unpaired) electrons. The second-order valence-corrected chi connectivity index (χ2v) is 5.62. The molecule has 5 heteroatoms. The van der Waals surface area contributed by atoms with Crippen molar-refractivity contribution in [3.8, 4) is 0 Å². The summed E-state index contributed by atoms with van der Waals surface area (Å²) in [5.41, 5.74) is 0. The van der Waals surface area contributed by atoms with E-state index in [1.54, 1.807) is 4.90 Å². The van der Waals surface area contributed by atoms with Crippen LogP contribution >= 0.6 is 0 Å². The second kappa shape index (κ2) is 7.36. The van der Waals surface area contributed by atoms with Crippen LogP contribution in [-0.4, -0.2) is 52.6 Å². The largest absolute Gasteiger partial charge is 0.481 e. The Morgan fingerprint density at radius 1 is 1.26 bits per heavy atom. The summed E-state index contributed by atoms with van der Waals surface area (Å²) in [7, 11) is 1.87. The SMILES string of the molecule is CC(C)N(CCCC(=O)O)C(=O)N(C)C1CCCC1. The molecule has 5 nitrogen and oxygen atoms in total. The summed E-state index contributed by atoms with van der Waals surface area (Å²) in [5, 5.41) is 8.67. The first-order valence-electron chi connectivity index (χ1n) is 7.18. The summed E-state index contributed by atoms with van der Waals surface area (Å²) in [4.78, 5) is 26.6. The van der Waals surface area contributed by atoms with Gasteiger partial charge >= 0.3 is 12.0 Å². The van der Waals surface area contributed by atoms with Crippen LogP contribution < -0.4 is 0 Å². The zero-order chi connectivity index (χ0) is 14.4. The normalized spacial score (nSPS) is 15.8. The minimum atomic E-state index is -0.805. The van der Waals surface area contributed by atoms with Gasteiger partial charge < -0.3 is 14.9 Å². The van der Waals surface area contributed by atoms with E-state index in [2.05, 4.69) is 0 Å². The molecular formula is C14H26N2O3. The molecule has 0 aromatic heterocycles. The lowest BCUT2D eigenvalue weighted by molar-refractivity contribution is -0.137. The van der Waals surface area contributed by atoms with Crippen molar-refractivity contribution in [2.45, 2.75) is 64.5 Å². The highest BCUT2D eigenvalue weighted by molar-refractivity contribution is 5.75. The van der Waals surface area contributed by atoms with Gasteiger partial charge in [0.25, 0.3) is 0 Å². The van der Waals surface area contributed by atoms with Gasteiger partial charge in [-0.1, -0.05) is 12.8 Å². The van der Waals surface area contributed by atoms with Crippen LogP contribution in [0.25, 0.3) is 0 Å². The molecule has 1 aliphatic rings. The maximum atomic E-state index is 12.5. The molecule has 1 saturated carbocycles. The molecule has 1 N–H and O–H groups in total. The molecular weight excluding hydrogens is 244 g/mol. The van der Waals surface area contributed by atoms with Crippen LogP contribution in [-0.2, 0) is 4.79 Å². The molecule has 0 saturated heterocycles. The molecule has 2 amide bonds. The van der Waals surface area contributed by atoms with Gasteiger partial charge in [-0.05, 0) is 33.1 Å². The van der Waals surface area contributed by atoms with Gasteiger partial charge in [-0.25, -0.2) is 4.79 Å². The van der Waals surface area contributed by atoms with Crippen molar-refractivity contribution in [2.75, 3.05) is 13.6 Å². The van der Waals surface area contributed by atoms with Crippen molar-refractivity contribution in [3.63, 3.8) is 0 Å². The number of hydrogen-bond acceptors (Lipinski definition) is 2.